The Balaban J connectivity index is 1.05. The van der Waals surface area contributed by atoms with Crippen molar-refractivity contribution in [2.75, 3.05) is 13.2 Å². The summed E-state index contributed by atoms with van der Waals surface area (Å²) in [5.74, 6) is -1.08. The van der Waals surface area contributed by atoms with Gasteiger partial charge in [-0.1, -0.05) is 139 Å². The topological polar surface area (TPSA) is 52.6 Å². The molecular weight excluding hydrogens is 864 g/mol. The summed E-state index contributed by atoms with van der Waals surface area (Å²) in [6.07, 6.45) is 2.32. The molecule has 5 heteroatoms. The number of benzene rings is 8. The number of carbonyl (C=O) groups is 2. The highest BCUT2D eigenvalue weighted by molar-refractivity contribution is 14.1. The second-order valence-corrected chi connectivity index (χ2v) is 19.5. The molecule has 0 unspecified atom stereocenters. The van der Waals surface area contributed by atoms with Crippen LogP contribution in [0, 0.1) is 3.57 Å². The van der Waals surface area contributed by atoms with Crippen molar-refractivity contribution in [2.24, 2.45) is 0 Å². The van der Waals surface area contributed by atoms with Crippen LogP contribution < -0.4 is 0 Å². The summed E-state index contributed by atoms with van der Waals surface area (Å²) in [5, 5.41) is 7.79. The van der Waals surface area contributed by atoms with Crippen molar-refractivity contribution in [2.45, 2.75) is 50.9 Å². The number of ether oxygens (including phenoxy) is 2. The number of fused-ring (bicyclic) bond motifs is 6. The third kappa shape index (κ3) is 6.06. The quantitative estimate of drug-likeness (QED) is 0.0660. The largest absolute Gasteiger partial charge is 0.461 e. The molecule has 0 spiro atoms. The zero-order valence-corrected chi connectivity index (χ0v) is 37.2. The number of hydrogen-bond acceptors (Lipinski definition) is 4. The van der Waals surface area contributed by atoms with Crippen LogP contribution >= 0.6 is 22.6 Å². The van der Waals surface area contributed by atoms with Crippen LogP contribution in [0.15, 0.2) is 147 Å². The molecule has 0 fully saturated rings. The molecule has 8 aromatic carbocycles. The minimum absolute atomic E-state index is 0.0229. The summed E-state index contributed by atoms with van der Waals surface area (Å²) in [7, 11) is 0. The molecule has 300 valence electrons. The molecule has 2 aliphatic carbocycles. The van der Waals surface area contributed by atoms with Crippen LogP contribution in [0.5, 0.6) is 0 Å². The molecule has 4 nitrogen and oxygen atoms in total. The van der Waals surface area contributed by atoms with Gasteiger partial charge in [-0.05, 0) is 163 Å². The van der Waals surface area contributed by atoms with Gasteiger partial charge in [0.25, 0.3) is 0 Å². The van der Waals surface area contributed by atoms with Crippen LogP contribution in [0.3, 0.4) is 0 Å². The Morgan fingerprint density at radius 3 is 1.61 bits per heavy atom. The monoisotopic (exact) mass is 908 g/mol. The van der Waals surface area contributed by atoms with Crippen molar-refractivity contribution < 1.29 is 19.1 Å². The zero-order chi connectivity index (χ0) is 42.6. The number of esters is 2. The lowest BCUT2D eigenvalue weighted by atomic mass is 9.78. The third-order valence-corrected chi connectivity index (χ3v) is 14.0. The fourth-order valence-electron chi connectivity index (χ4n) is 10.1. The fraction of sp³-hybridized carbons (Fsp3) is 0.179. The van der Waals surface area contributed by atoms with Gasteiger partial charge in [0, 0.05) is 21.1 Å². The van der Waals surface area contributed by atoms with Gasteiger partial charge in [0.2, 0.25) is 0 Å². The van der Waals surface area contributed by atoms with Crippen molar-refractivity contribution in [3.8, 4) is 44.5 Å². The third-order valence-electron chi connectivity index (χ3n) is 13.4. The highest BCUT2D eigenvalue weighted by Gasteiger charge is 2.46. The van der Waals surface area contributed by atoms with E-state index >= 15 is 0 Å². The van der Waals surface area contributed by atoms with Crippen molar-refractivity contribution in [1.82, 2.24) is 0 Å². The molecule has 0 N–H and O–H groups in total. The minimum atomic E-state index is -0.942. The second-order valence-electron chi connectivity index (χ2n) is 18.2. The molecule has 8 aromatic rings. The highest BCUT2D eigenvalue weighted by Crippen LogP contribution is 2.54. The van der Waals surface area contributed by atoms with E-state index in [0.29, 0.717) is 0 Å². The number of halogens is 1. The summed E-state index contributed by atoms with van der Waals surface area (Å²) in [4.78, 5) is 25.1. The summed E-state index contributed by atoms with van der Waals surface area (Å²) in [5.41, 5.74) is 13.8. The number of hydrogen-bond donors (Lipinski definition) is 0. The molecule has 0 aromatic heterocycles. The maximum atomic E-state index is 12.6. The second kappa shape index (κ2) is 14.0. The lowest BCUT2D eigenvalue weighted by Crippen LogP contribution is -2.38. The van der Waals surface area contributed by atoms with Crippen LogP contribution in [0.1, 0.15) is 62.4 Å². The molecule has 0 saturated carbocycles. The minimum Gasteiger partial charge on any atom is -0.461 e. The van der Waals surface area contributed by atoms with Gasteiger partial charge < -0.3 is 9.47 Å². The van der Waals surface area contributed by atoms with Gasteiger partial charge in [-0.25, -0.2) is 9.59 Å². The maximum absolute atomic E-state index is 12.6. The normalized spacial score (nSPS) is 14.4. The summed E-state index contributed by atoms with van der Waals surface area (Å²) in [6, 6.07) is 45.0. The van der Waals surface area contributed by atoms with E-state index in [1.807, 2.05) is 0 Å². The molecule has 0 saturated heterocycles. The van der Waals surface area contributed by atoms with Crippen molar-refractivity contribution in [3.05, 3.63) is 178 Å². The molecule has 0 radical (unpaired) electrons. The van der Waals surface area contributed by atoms with Gasteiger partial charge in [-0.15, -0.1) is 0 Å². The SMILES string of the molecule is C=CC(=O)OCC1(COC(=O)C=C)c2cc(I)ccc2-c2ccc(-c3ccc4c(c3)C(C)(C)c3cc(-c5ccc6ccc7cc(C(C)(C)C)cc8ccc5c6c78)ccc3-4)cc21. The average molecular weight is 909 g/mol. The van der Waals surface area contributed by atoms with E-state index in [1.54, 1.807) is 0 Å². The molecule has 2 aliphatic rings. The van der Waals surface area contributed by atoms with Gasteiger partial charge in [-0.3, -0.25) is 0 Å². The Labute approximate surface area is 370 Å². The van der Waals surface area contributed by atoms with Gasteiger partial charge >= 0.3 is 11.9 Å². The van der Waals surface area contributed by atoms with E-state index in [4.69, 9.17) is 9.47 Å². The van der Waals surface area contributed by atoms with Gasteiger partial charge in [0.05, 0.1) is 5.41 Å². The molecule has 61 heavy (non-hydrogen) atoms. The lowest BCUT2D eigenvalue weighted by molar-refractivity contribution is -0.143. The van der Waals surface area contributed by atoms with Gasteiger partial charge in [0.15, 0.2) is 0 Å². The van der Waals surface area contributed by atoms with Crippen molar-refractivity contribution in [1.29, 1.82) is 0 Å². The predicted octanol–water partition coefficient (Wildman–Crippen LogP) is 13.9. The van der Waals surface area contributed by atoms with Crippen LogP contribution in [0.4, 0.5) is 0 Å². The van der Waals surface area contributed by atoms with E-state index in [2.05, 4.69) is 192 Å². The fourth-order valence-corrected chi connectivity index (χ4v) is 10.6. The van der Waals surface area contributed by atoms with E-state index < -0.39 is 17.4 Å². The lowest BCUT2D eigenvalue weighted by Gasteiger charge is -2.31. The first kappa shape index (κ1) is 39.1. The molecule has 10 rings (SSSR count). The van der Waals surface area contributed by atoms with E-state index in [1.165, 1.54) is 71.3 Å². The van der Waals surface area contributed by atoms with Crippen molar-refractivity contribution >= 4 is 66.8 Å². The molecule has 0 bridgehead atoms. The average Bonchev–Trinajstić information content (AvgIpc) is 3.65. The Kier molecular flexibility index (Phi) is 8.97. The first-order valence-corrected chi connectivity index (χ1v) is 21.9. The van der Waals surface area contributed by atoms with E-state index in [0.717, 1.165) is 49.1 Å². The summed E-state index contributed by atoms with van der Waals surface area (Å²) >= 11 is 2.29. The summed E-state index contributed by atoms with van der Waals surface area (Å²) < 4.78 is 12.6. The first-order chi connectivity index (χ1) is 29.2. The highest BCUT2D eigenvalue weighted by atomic mass is 127. The smallest absolute Gasteiger partial charge is 0.330 e. The first-order valence-electron chi connectivity index (χ1n) is 20.8. The number of rotatable bonds is 8. The Morgan fingerprint density at radius 2 is 1.02 bits per heavy atom. The predicted molar refractivity (Wildman–Crippen MR) is 259 cm³/mol. The molecule has 0 amide bonds. The Bertz CT molecular complexity index is 3150. The zero-order valence-electron chi connectivity index (χ0n) is 35.0. The number of carbonyl (C=O) groups excluding carboxylic acids is 2. The standard InChI is InChI=1S/C56H45IO4/c1-8-50(58)60-30-56(31-61-51(59)9-2)48-27-34(14-20-43(48)44-23-17-39(57)29-49(44)56)33-13-19-41-42-21-15-35(28-47(42)55(6,7)46(41)26-33)40-18-12-32-10-11-36-24-38(54(3,4)5)25-37-16-22-45(40)53(32)52(36)37/h8-29H,1-2,30-31H2,3-7H3. The van der Waals surface area contributed by atoms with Gasteiger partial charge in [-0.2, -0.15) is 0 Å². The maximum Gasteiger partial charge on any atom is 0.330 e. The summed E-state index contributed by atoms with van der Waals surface area (Å²) in [6.45, 7) is 18.7. The Morgan fingerprint density at radius 1 is 0.557 bits per heavy atom. The van der Waals surface area contributed by atoms with Gasteiger partial charge in [0.1, 0.15) is 13.2 Å². The van der Waals surface area contributed by atoms with Crippen LogP contribution in [-0.2, 0) is 35.3 Å². The van der Waals surface area contributed by atoms with E-state index in [-0.39, 0.29) is 24.0 Å². The van der Waals surface area contributed by atoms with Crippen LogP contribution in [0.25, 0.3) is 76.8 Å². The van der Waals surface area contributed by atoms with Crippen molar-refractivity contribution in [3.63, 3.8) is 0 Å². The molecule has 0 aliphatic heterocycles. The molecule has 0 heterocycles. The van der Waals surface area contributed by atoms with Crippen LogP contribution in [0.2, 0.25) is 0 Å². The van der Waals surface area contributed by atoms with Crippen LogP contribution in [-0.4, -0.2) is 25.2 Å². The molecular formula is C56H45IO4. The Hall–Kier alpha value is -6.05. The van der Waals surface area contributed by atoms with E-state index in [9.17, 15) is 9.59 Å². The molecule has 0 atom stereocenters.